The average Bonchev–Trinajstić information content (AvgIpc) is 2.54. The van der Waals surface area contributed by atoms with Crippen LogP contribution in [0.3, 0.4) is 0 Å². The minimum atomic E-state index is -3.72. The third-order valence-corrected chi connectivity index (χ3v) is 6.86. The van der Waals surface area contributed by atoms with E-state index >= 15 is 0 Å². The summed E-state index contributed by atoms with van der Waals surface area (Å²) < 4.78 is 24.4. The summed E-state index contributed by atoms with van der Waals surface area (Å²) in [5, 5.41) is 5.23. The van der Waals surface area contributed by atoms with Crippen molar-refractivity contribution in [1.29, 1.82) is 0 Å². The fourth-order valence-corrected chi connectivity index (χ4v) is 4.85. The summed E-state index contributed by atoms with van der Waals surface area (Å²) in [5.41, 5.74) is 1.26. The first-order valence-electron chi connectivity index (χ1n) is 8.86. The predicted molar refractivity (Wildman–Crippen MR) is 96.9 cm³/mol. The second-order valence-electron chi connectivity index (χ2n) is 7.61. The first-order chi connectivity index (χ1) is 11.7. The Hall–Kier alpha value is -1.44. The van der Waals surface area contributed by atoms with Gasteiger partial charge in [0.15, 0.2) is 0 Å². The molecule has 138 valence electrons. The van der Waals surface area contributed by atoms with E-state index in [9.17, 15) is 13.2 Å². The van der Waals surface area contributed by atoms with Crippen LogP contribution in [0.2, 0.25) is 0 Å². The molecule has 2 fully saturated rings. The minimum absolute atomic E-state index is 0.00871. The molecule has 25 heavy (non-hydrogen) atoms. The number of carbonyl (C=O) groups is 1. The van der Waals surface area contributed by atoms with E-state index in [2.05, 4.69) is 26.0 Å². The molecule has 1 amide bonds. The molecular weight excluding hydrogens is 338 g/mol. The van der Waals surface area contributed by atoms with E-state index < -0.39 is 10.2 Å². The number of piperidine rings is 1. The maximum absolute atomic E-state index is 12.9. The summed E-state index contributed by atoms with van der Waals surface area (Å²) in [5.74, 6) is 0.194. The van der Waals surface area contributed by atoms with Crippen LogP contribution >= 0.6 is 0 Å². The third-order valence-electron chi connectivity index (χ3n) is 5.80. The van der Waals surface area contributed by atoms with Gasteiger partial charge >= 0.3 is 0 Å². The normalized spacial score (nSPS) is 24.2. The zero-order valence-electron chi connectivity index (χ0n) is 14.9. The molecule has 2 heterocycles. The minimum Gasteiger partial charge on any atom is -0.340 e. The van der Waals surface area contributed by atoms with E-state index in [4.69, 9.17) is 5.14 Å². The topological polar surface area (TPSA) is 83.7 Å². The molecule has 2 saturated heterocycles. The van der Waals surface area contributed by atoms with Gasteiger partial charge in [-0.15, -0.1) is 0 Å². The first-order valence-corrected chi connectivity index (χ1v) is 10.4. The lowest BCUT2D eigenvalue weighted by atomic mass is 9.66. The number of hydrogen-bond donors (Lipinski definition) is 1. The van der Waals surface area contributed by atoms with Crippen LogP contribution in [0.5, 0.6) is 0 Å². The second kappa shape index (κ2) is 6.70. The molecule has 0 saturated carbocycles. The summed E-state index contributed by atoms with van der Waals surface area (Å²) in [4.78, 5) is 14.7. The molecule has 7 heteroatoms. The summed E-state index contributed by atoms with van der Waals surface area (Å²) in [7, 11) is -3.72. The molecule has 1 aromatic rings. The molecule has 2 N–H and O–H groups in total. The number of nitrogens with two attached hydrogens (primary N) is 1. The number of amides is 1. The zero-order chi connectivity index (χ0) is 18.2. The van der Waals surface area contributed by atoms with E-state index in [1.165, 1.54) is 9.87 Å². The van der Waals surface area contributed by atoms with Gasteiger partial charge in [0.05, 0.1) is 5.92 Å². The second-order valence-corrected chi connectivity index (χ2v) is 9.16. The predicted octanol–water partition coefficient (Wildman–Crippen LogP) is 1.34. The molecule has 0 aliphatic carbocycles. The lowest BCUT2D eigenvalue weighted by Gasteiger charge is -2.54. The van der Waals surface area contributed by atoms with Crippen LogP contribution in [0.25, 0.3) is 0 Å². The van der Waals surface area contributed by atoms with E-state index in [1.807, 2.05) is 23.1 Å². The fourth-order valence-electron chi connectivity index (χ4n) is 4.08. The van der Waals surface area contributed by atoms with Gasteiger partial charge < -0.3 is 4.90 Å². The number of rotatable bonds is 4. The molecule has 2 aliphatic rings. The van der Waals surface area contributed by atoms with Crippen LogP contribution in [0.1, 0.15) is 32.3 Å². The number of carbonyl (C=O) groups excluding carboxylic acids is 1. The van der Waals surface area contributed by atoms with Crippen molar-refractivity contribution < 1.29 is 13.2 Å². The fraction of sp³-hybridized carbons (Fsp3) is 0.611. The van der Waals surface area contributed by atoms with Gasteiger partial charge in [-0.25, -0.2) is 5.14 Å². The van der Waals surface area contributed by atoms with Crippen LogP contribution in [-0.4, -0.2) is 49.7 Å². The van der Waals surface area contributed by atoms with Gasteiger partial charge in [0.25, 0.3) is 10.2 Å². The van der Waals surface area contributed by atoms with Crippen molar-refractivity contribution in [1.82, 2.24) is 9.21 Å². The largest absolute Gasteiger partial charge is 0.340 e. The van der Waals surface area contributed by atoms with Gasteiger partial charge in [-0.1, -0.05) is 44.2 Å². The molecule has 0 radical (unpaired) electrons. The van der Waals surface area contributed by atoms with Gasteiger partial charge in [0.1, 0.15) is 0 Å². The molecule has 3 rings (SSSR count). The quantitative estimate of drug-likeness (QED) is 0.874. The Labute approximate surface area is 150 Å². The first kappa shape index (κ1) is 18.4. The maximum Gasteiger partial charge on any atom is 0.276 e. The van der Waals surface area contributed by atoms with E-state index in [-0.39, 0.29) is 23.8 Å². The van der Waals surface area contributed by atoms with Crippen LogP contribution in [0.15, 0.2) is 30.3 Å². The zero-order valence-corrected chi connectivity index (χ0v) is 15.7. The Morgan fingerprint density at radius 2 is 1.88 bits per heavy atom. The Morgan fingerprint density at radius 1 is 1.24 bits per heavy atom. The smallest absolute Gasteiger partial charge is 0.276 e. The Kier molecular flexibility index (Phi) is 4.92. The van der Waals surface area contributed by atoms with Crippen molar-refractivity contribution >= 4 is 16.1 Å². The van der Waals surface area contributed by atoms with Gasteiger partial charge in [-0.3, -0.25) is 4.79 Å². The maximum atomic E-state index is 12.9. The molecule has 2 aliphatic heterocycles. The molecule has 0 aromatic heterocycles. The Morgan fingerprint density at radius 3 is 2.44 bits per heavy atom. The van der Waals surface area contributed by atoms with Gasteiger partial charge in [-0.05, 0) is 24.3 Å². The van der Waals surface area contributed by atoms with Crippen molar-refractivity contribution in [2.45, 2.75) is 32.1 Å². The Balaban J connectivity index is 1.70. The van der Waals surface area contributed by atoms with Crippen molar-refractivity contribution in [3.8, 4) is 0 Å². The molecule has 1 atom stereocenters. The highest BCUT2D eigenvalue weighted by Crippen LogP contribution is 2.42. The van der Waals surface area contributed by atoms with Crippen LogP contribution in [-0.2, 0) is 20.4 Å². The Bertz CT molecular complexity index is 727. The summed E-state index contributed by atoms with van der Waals surface area (Å²) in [6.45, 7) is 6.38. The SMILES string of the molecule is CC(C)C1(c2ccccc2)CN(C(=O)C2CCCN(S(N)(=O)=O)C2)C1. The van der Waals surface area contributed by atoms with Crippen LogP contribution < -0.4 is 5.14 Å². The number of benzene rings is 1. The monoisotopic (exact) mass is 365 g/mol. The third kappa shape index (κ3) is 3.45. The highest BCUT2D eigenvalue weighted by atomic mass is 32.2. The molecular formula is C18H27N3O3S. The average molecular weight is 365 g/mol. The van der Waals surface area contributed by atoms with Crippen LogP contribution in [0.4, 0.5) is 0 Å². The molecule has 0 bridgehead atoms. The van der Waals surface area contributed by atoms with Gasteiger partial charge in [-0.2, -0.15) is 12.7 Å². The molecule has 0 spiro atoms. The van der Waals surface area contributed by atoms with Crippen molar-refractivity contribution in [2.75, 3.05) is 26.2 Å². The number of nitrogens with zero attached hydrogens (tertiary/aromatic N) is 2. The van der Waals surface area contributed by atoms with Gasteiger partial charge in [0.2, 0.25) is 5.91 Å². The molecule has 6 nitrogen and oxygen atoms in total. The highest BCUT2D eigenvalue weighted by Gasteiger charge is 2.49. The van der Waals surface area contributed by atoms with Gasteiger partial charge in [0, 0.05) is 31.6 Å². The lowest BCUT2D eigenvalue weighted by Crippen LogP contribution is -2.65. The standard InChI is InChI=1S/C18H27N3O3S/c1-14(2)18(16-8-4-3-5-9-16)12-20(13-18)17(22)15-7-6-10-21(11-15)25(19,23)24/h3-5,8-9,14-15H,6-7,10-13H2,1-2H3,(H2,19,23,24). The molecule has 1 aromatic carbocycles. The summed E-state index contributed by atoms with van der Waals surface area (Å²) in [6.07, 6.45) is 1.40. The summed E-state index contributed by atoms with van der Waals surface area (Å²) >= 11 is 0. The van der Waals surface area contributed by atoms with Crippen molar-refractivity contribution in [2.24, 2.45) is 17.0 Å². The van der Waals surface area contributed by atoms with E-state index in [1.54, 1.807) is 0 Å². The number of hydrogen-bond acceptors (Lipinski definition) is 3. The van der Waals surface area contributed by atoms with Crippen LogP contribution in [0, 0.1) is 11.8 Å². The van der Waals surface area contributed by atoms with Crippen molar-refractivity contribution in [3.05, 3.63) is 35.9 Å². The molecule has 1 unspecified atom stereocenters. The van der Waals surface area contributed by atoms with E-state index in [0.29, 0.717) is 32.0 Å². The highest BCUT2D eigenvalue weighted by molar-refractivity contribution is 7.86. The lowest BCUT2D eigenvalue weighted by molar-refractivity contribution is -0.146. The van der Waals surface area contributed by atoms with E-state index in [0.717, 1.165) is 6.42 Å². The number of likely N-dealkylation sites (tertiary alicyclic amines) is 1. The van der Waals surface area contributed by atoms with Crippen molar-refractivity contribution in [3.63, 3.8) is 0 Å². The summed E-state index contributed by atoms with van der Waals surface area (Å²) in [6, 6.07) is 10.3.